The molecule has 3 aromatic rings. The van der Waals surface area contributed by atoms with Crippen molar-refractivity contribution >= 4 is 34.4 Å². The molecule has 1 atom stereocenters. The zero-order valence-corrected chi connectivity index (χ0v) is 16.3. The molecule has 4 rings (SSSR count). The third-order valence-corrected chi connectivity index (χ3v) is 4.86. The van der Waals surface area contributed by atoms with E-state index >= 15 is 0 Å². The number of anilines is 1. The fraction of sp³-hybridized carbons (Fsp3) is 0.190. The van der Waals surface area contributed by atoms with Crippen molar-refractivity contribution in [2.45, 2.75) is 25.8 Å². The first-order valence-electron chi connectivity index (χ1n) is 9.26. The minimum Gasteiger partial charge on any atom is -0.465 e. The second-order valence-corrected chi connectivity index (χ2v) is 7.16. The van der Waals surface area contributed by atoms with E-state index < -0.39 is 17.4 Å². The van der Waals surface area contributed by atoms with E-state index in [0.717, 1.165) is 11.1 Å². The lowest BCUT2D eigenvalue weighted by atomic mass is 9.90. The van der Waals surface area contributed by atoms with Gasteiger partial charge in [0.2, 0.25) is 0 Å². The molecule has 152 valence electrons. The number of benzene rings is 2. The highest BCUT2D eigenvalue weighted by molar-refractivity contribution is 6.12. The van der Waals surface area contributed by atoms with E-state index in [-0.39, 0.29) is 5.82 Å². The van der Waals surface area contributed by atoms with Crippen LogP contribution >= 0.6 is 0 Å². The molecule has 0 bridgehead atoms. The van der Waals surface area contributed by atoms with Crippen LogP contribution in [0.1, 0.15) is 31.7 Å². The summed E-state index contributed by atoms with van der Waals surface area (Å²) in [6, 6.07) is 12.9. The Bertz CT molecular complexity index is 1190. The smallest absolute Gasteiger partial charge is 0.405 e. The zero-order chi connectivity index (χ0) is 21.3. The maximum absolute atomic E-state index is 13.5. The van der Waals surface area contributed by atoms with Gasteiger partial charge in [-0.25, -0.2) is 19.2 Å². The van der Waals surface area contributed by atoms with Crippen LogP contribution in [0.4, 0.5) is 15.0 Å². The van der Waals surface area contributed by atoms with Crippen LogP contribution in [-0.2, 0) is 5.54 Å². The number of aromatic nitrogens is 2. The van der Waals surface area contributed by atoms with Crippen molar-refractivity contribution < 1.29 is 14.3 Å². The second-order valence-electron chi connectivity index (χ2n) is 7.16. The first-order chi connectivity index (χ1) is 14.3. The molecule has 1 unspecified atom stereocenters. The van der Waals surface area contributed by atoms with Crippen molar-refractivity contribution in [1.29, 1.82) is 0 Å². The van der Waals surface area contributed by atoms with Crippen molar-refractivity contribution in [1.82, 2.24) is 15.3 Å². The monoisotopic (exact) mass is 406 g/mol. The molecule has 0 aliphatic carbocycles. The van der Waals surface area contributed by atoms with Gasteiger partial charge in [0.1, 0.15) is 23.0 Å². The fourth-order valence-corrected chi connectivity index (χ4v) is 3.31. The molecule has 3 N–H and O–H groups in total. The minimum absolute atomic E-state index is 0.217. The van der Waals surface area contributed by atoms with Crippen LogP contribution in [0.5, 0.6) is 0 Å². The topological polar surface area (TPSA) is 112 Å². The molecule has 0 radical (unpaired) electrons. The molecule has 1 aliphatic heterocycles. The zero-order valence-electron chi connectivity index (χ0n) is 16.3. The van der Waals surface area contributed by atoms with Gasteiger partial charge in [0.05, 0.1) is 5.52 Å². The van der Waals surface area contributed by atoms with Gasteiger partial charge in [-0.2, -0.15) is 5.10 Å². The summed E-state index contributed by atoms with van der Waals surface area (Å²) in [6.07, 6.45) is -0.687. The lowest BCUT2D eigenvalue weighted by Crippen LogP contribution is -2.45. The highest BCUT2D eigenvalue weighted by atomic mass is 19.1. The molecule has 2 aromatic carbocycles. The Kier molecular flexibility index (Phi) is 4.86. The van der Waals surface area contributed by atoms with Crippen molar-refractivity contribution in [2.75, 3.05) is 5.32 Å². The molecule has 0 saturated heterocycles. The Balaban J connectivity index is 1.86. The molecule has 1 aromatic heterocycles. The number of amidine groups is 1. The molecule has 8 nitrogen and oxygen atoms in total. The summed E-state index contributed by atoms with van der Waals surface area (Å²) >= 11 is 0. The van der Waals surface area contributed by atoms with Crippen molar-refractivity contribution in [3.05, 3.63) is 65.7 Å². The highest BCUT2D eigenvalue weighted by Gasteiger charge is 2.35. The second kappa shape index (κ2) is 7.51. The summed E-state index contributed by atoms with van der Waals surface area (Å²) in [5.74, 6) is 0.915. The van der Waals surface area contributed by atoms with Gasteiger partial charge in [-0.05, 0) is 43.7 Å². The van der Waals surface area contributed by atoms with E-state index in [0.29, 0.717) is 29.2 Å². The number of halogens is 1. The number of carboxylic acid groups (broad SMARTS) is 1. The van der Waals surface area contributed by atoms with Crippen LogP contribution < -0.4 is 10.6 Å². The predicted octanol–water partition coefficient (Wildman–Crippen LogP) is 3.89. The third-order valence-electron chi connectivity index (χ3n) is 4.86. The lowest BCUT2D eigenvalue weighted by Gasteiger charge is -2.29. The summed E-state index contributed by atoms with van der Waals surface area (Å²) in [6.45, 7) is 3.52. The van der Waals surface area contributed by atoms with E-state index in [1.54, 1.807) is 6.92 Å². The van der Waals surface area contributed by atoms with Gasteiger partial charge in [0.25, 0.3) is 0 Å². The van der Waals surface area contributed by atoms with E-state index in [2.05, 4.69) is 30.8 Å². The third kappa shape index (κ3) is 3.69. The van der Waals surface area contributed by atoms with Crippen LogP contribution in [0.25, 0.3) is 10.9 Å². The quantitative estimate of drug-likeness (QED) is 0.609. The number of nitrogens with one attached hydrogen (secondary N) is 2. The Morgan fingerprint density at radius 2 is 1.83 bits per heavy atom. The fourth-order valence-electron chi connectivity index (χ4n) is 3.31. The molecule has 30 heavy (non-hydrogen) atoms. The molecule has 1 aliphatic rings. The van der Waals surface area contributed by atoms with Crippen molar-refractivity contribution in [3.8, 4) is 0 Å². The number of fused-ring (bicyclic) bond motifs is 1. The summed E-state index contributed by atoms with van der Waals surface area (Å²) < 4.78 is 13.5. The summed E-state index contributed by atoms with van der Waals surface area (Å²) in [5.41, 5.74) is 0.690. The molecule has 1 amide bonds. The van der Waals surface area contributed by atoms with Gasteiger partial charge in [-0.1, -0.05) is 24.3 Å². The molecular weight excluding hydrogens is 387 g/mol. The molecule has 0 fully saturated rings. The average Bonchev–Trinajstić information content (AvgIpc) is 3.12. The minimum atomic E-state index is -1.32. The van der Waals surface area contributed by atoms with Crippen LogP contribution in [0.3, 0.4) is 0 Å². The van der Waals surface area contributed by atoms with Crippen molar-refractivity contribution in [3.63, 3.8) is 0 Å². The number of para-hydroxylation sites is 1. The standard InChI is InChI=1S/C21H19FN6O2/c1-12-11-17(28-27-12)24-18-15-5-3-4-6-16(15)23-19(25-18)21(2,26-20(29)30)13-7-9-14(22)10-8-13/h3-10,26H,11H2,1-2H3,(H,29,30)(H,23,24,25,28). The maximum atomic E-state index is 13.5. The first kappa shape index (κ1) is 19.4. The number of rotatable bonds is 4. The maximum Gasteiger partial charge on any atom is 0.405 e. The van der Waals surface area contributed by atoms with Gasteiger partial charge in [0.15, 0.2) is 5.82 Å². The van der Waals surface area contributed by atoms with Gasteiger partial charge in [-0.15, -0.1) is 5.10 Å². The van der Waals surface area contributed by atoms with E-state index in [9.17, 15) is 14.3 Å². The predicted molar refractivity (Wildman–Crippen MR) is 112 cm³/mol. The van der Waals surface area contributed by atoms with Gasteiger partial charge >= 0.3 is 6.09 Å². The number of nitrogens with zero attached hydrogens (tertiary/aromatic N) is 4. The van der Waals surface area contributed by atoms with Crippen LogP contribution in [0.2, 0.25) is 0 Å². The summed E-state index contributed by atoms with van der Waals surface area (Å²) in [4.78, 5) is 20.9. The van der Waals surface area contributed by atoms with Gasteiger partial charge in [-0.3, -0.25) is 0 Å². The lowest BCUT2D eigenvalue weighted by molar-refractivity contribution is 0.183. The number of carbonyl (C=O) groups is 1. The molecule has 0 spiro atoms. The normalized spacial score (nSPS) is 15.3. The average molecular weight is 406 g/mol. The molecule has 2 heterocycles. The van der Waals surface area contributed by atoms with Gasteiger partial charge in [0, 0.05) is 17.5 Å². The SMILES string of the molecule is CC1=NN=C(Nc2nc(C(C)(NC(=O)O)c3ccc(F)cc3)nc3ccccc23)C1. The summed E-state index contributed by atoms with van der Waals surface area (Å²) in [5, 5.41) is 24.1. The Morgan fingerprint density at radius 1 is 1.10 bits per heavy atom. The Labute approximate surface area is 171 Å². The first-order valence-corrected chi connectivity index (χ1v) is 9.26. The van der Waals surface area contributed by atoms with Gasteiger partial charge < -0.3 is 15.7 Å². The molecule has 0 saturated carbocycles. The van der Waals surface area contributed by atoms with Crippen LogP contribution in [0.15, 0.2) is 58.7 Å². The number of hydrogen-bond acceptors (Lipinski definition) is 6. The molecule has 9 heteroatoms. The Hall–Kier alpha value is -3.88. The van der Waals surface area contributed by atoms with Crippen LogP contribution in [-0.4, -0.2) is 32.7 Å². The Morgan fingerprint density at radius 3 is 2.50 bits per heavy atom. The van der Waals surface area contributed by atoms with E-state index in [1.165, 1.54) is 24.3 Å². The highest BCUT2D eigenvalue weighted by Crippen LogP contribution is 2.31. The molecular formula is C21H19FN6O2. The van der Waals surface area contributed by atoms with Crippen molar-refractivity contribution in [2.24, 2.45) is 10.2 Å². The van der Waals surface area contributed by atoms with E-state index in [4.69, 9.17) is 0 Å². The van der Waals surface area contributed by atoms with E-state index in [1.807, 2.05) is 31.2 Å². The number of hydrogen-bond donors (Lipinski definition) is 3. The largest absolute Gasteiger partial charge is 0.465 e. The summed E-state index contributed by atoms with van der Waals surface area (Å²) in [7, 11) is 0. The van der Waals surface area contributed by atoms with Crippen LogP contribution in [0, 0.1) is 5.82 Å². The number of amides is 1.